The summed E-state index contributed by atoms with van der Waals surface area (Å²) in [6.07, 6.45) is 94.2. The fraction of sp³-hybridized carbons (Fsp3) is 0.720. The molecule has 0 amide bonds. The number of hydrogen-bond donors (Lipinski definition) is 0. The molecule has 464 valence electrons. The number of ether oxygens (including phenoxy) is 3. The van der Waals surface area contributed by atoms with Gasteiger partial charge in [0, 0.05) is 12.8 Å². The molecule has 0 aliphatic rings. The van der Waals surface area contributed by atoms with Crippen LogP contribution in [0.15, 0.2) is 109 Å². The Morgan fingerprint density at radius 2 is 0.531 bits per heavy atom. The molecule has 0 saturated heterocycles. The van der Waals surface area contributed by atoms with Crippen LogP contribution in [0.4, 0.5) is 0 Å². The molecule has 0 heterocycles. The SMILES string of the molecule is CC/C=C\C/C=C\C/C=C\C/C=C\C/C=C\CC(=O)OCC(COC(=O)CCCCCCCCCCCCCCC/C=C\C/C=C\CCCCCCC)OC(=O)CCCCCCCCCCCCC/C=C\C/C=C\CCCCCCC. The molecule has 6 heteroatoms. The van der Waals surface area contributed by atoms with Crippen molar-refractivity contribution >= 4 is 17.9 Å². The van der Waals surface area contributed by atoms with Gasteiger partial charge in [-0.3, -0.25) is 14.4 Å². The molecule has 0 rings (SSSR count). The van der Waals surface area contributed by atoms with E-state index in [1.807, 2.05) is 6.08 Å². The zero-order chi connectivity index (χ0) is 58.5. The molecule has 0 fully saturated rings. The Kier molecular flexibility index (Phi) is 65.2. The van der Waals surface area contributed by atoms with E-state index in [4.69, 9.17) is 14.2 Å². The summed E-state index contributed by atoms with van der Waals surface area (Å²) in [6.45, 7) is 6.45. The van der Waals surface area contributed by atoms with Crippen LogP contribution in [0.3, 0.4) is 0 Å². The average molecular weight is 1130 g/mol. The second-order valence-corrected chi connectivity index (χ2v) is 22.7. The van der Waals surface area contributed by atoms with Crippen molar-refractivity contribution in [3.8, 4) is 0 Å². The van der Waals surface area contributed by atoms with Crippen LogP contribution in [0, 0.1) is 0 Å². The summed E-state index contributed by atoms with van der Waals surface area (Å²) in [4.78, 5) is 38.3. The van der Waals surface area contributed by atoms with E-state index >= 15 is 0 Å². The average Bonchev–Trinajstić information content (AvgIpc) is 3.47. The van der Waals surface area contributed by atoms with Gasteiger partial charge in [0.25, 0.3) is 0 Å². The van der Waals surface area contributed by atoms with E-state index in [0.717, 1.165) is 83.5 Å². The number of unbranched alkanes of at least 4 members (excludes halogenated alkanes) is 34. The van der Waals surface area contributed by atoms with Gasteiger partial charge in [-0.25, -0.2) is 0 Å². The second-order valence-electron chi connectivity index (χ2n) is 22.7. The highest BCUT2D eigenvalue weighted by Gasteiger charge is 2.19. The van der Waals surface area contributed by atoms with Crippen LogP contribution in [0.25, 0.3) is 0 Å². The lowest BCUT2D eigenvalue weighted by molar-refractivity contribution is -0.166. The molecule has 0 aliphatic heterocycles. The maximum Gasteiger partial charge on any atom is 0.309 e. The first-order valence-electron chi connectivity index (χ1n) is 34.4. The number of carbonyl (C=O) groups excluding carboxylic acids is 3. The lowest BCUT2D eigenvalue weighted by atomic mass is 10.0. The first-order chi connectivity index (χ1) is 40.0. The highest BCUT2D eigenvalue weighted by atomic mass is 16.6. The van der Waals surface area contributed by atoms with Crippen molar-refractivity contribution in [2.24, 2.45) is 0 Å². The summed E-state index contributed by atoms with van der Waals surface area (Å²) in [5, 5.41) is 0. The molecule has 0 radical (unpaired) electrons. The van der Waals surface area contributed by atoms with Crippen LogP contribution in [0.1, 0.15) is 329 Å². The lowest BCUT2D eigenvalue weighted by Crippen LogP contribution is -2.30. The van der Waals surface area contributed by atoms with Gasteiger partial charge in [0.05, 0.1) is 6.42 Å². The molecule has 0 aromatic rings. The normalized spacial score (nSPS) is 12.8. The Balaban J connectivity index is 4.38. The highest BCUT2D eigenvalue weighted by Crippen LogP contribution is 2.17. The molecule has 0 saturated carbocycles. The predicted octanol–water partition coefficient (Wildman–Crippen LogP) is 23.8. The fourth-order valence-electron chi connectivity index (χ4n) is 9.64. The predicted molar refractivity (Wildman–Crippen MR) is 353 cm³/mol. The van der Waals surface area contributed by atoms with Gasteiger partial charge in [-0.2, -0.15) is 0 Å². The fourth-order valence-corrected chi connectivity index (χ4v) is 9.64. The van der Waals surface area contributed by atoms with Crippen molar-refractivity contribution in [1.29, 1.82) is 0 Å². The Hall–Kier alpha value is -3.93. The summed E-state index contributed by atoms with van der Waals surface area (Å²) < 4.78 is 16.9. The van der Waals surface area contributed by atoms with Crippen molar-refractivity contribution in [2.75, 3.05) is 13.2 Å². The van der Waals surface area contributed by atoms with E-state index < -0.39 is 12.1 Å². The van der Waals surface area contributed by atoms with Crippen molar-refractivity contribution in [3.05, 3.63) is 109 Å². The topological polar surface area (TPSA) is 78.9 Å². The first kappa shape index (κ1) is 77.1. The van der Waals surface area contributed by atoms with E-state index in [2.05, 4.69) is 118 Å². The van der Waals surface area contributed by atoms with E-state index in [9.17, 15) is 14.4 Å². The van der Waals surface area contributed by atoms with E-state index in [1.165, 1.54) is 205 Å². The smallest absolute Gasteiger partial charge is 0.309 e. The number of carbonyl (C=O) groups is 3. The zero-order valence-corrected chi connectivity index (χ0v) is 53.3. The largest absolute Gasteiger partial charge is 0.462 e. The highest BCUT2D eigenvalue weighted by molar-refractivity contribution is 5.72. The minimum absolute atomic E-state index is 0.109. The number of esters is 3. The van der Waals surface area contributed by atoms with Crippen molar-refractivity contribution in [1.82, 2.24) is 0 Å². The summed E-state index contributed by atoms with van der Waals surface area (Å²) in [5.41, 5.74) is 0. The van der Waals surface area contributed by atoms with Crippen LogP contribution < -0.4 is 0 Å². The van der Waals surface area contributed by atoms with Crippen LogP contribution >= 0.6 is 0 Å². The van der Waals surface area contributed by atoms with Gasteiger partial charge >= 0.3 is 17.9 Å². The second kappa shape index (κ2) is 68.6. The Bertz CT molecular complexity index is 1620. The maximum atomic E-state index is 12.9. The molecule has 0 bridgehead atoms. The molecule has 0 spiro atoms. The quantitative estimate of drug-likeness (QED) is 0.0261. The molecule has 6 nitrogen and oxygen atoms in total. The summed E-state index contributed by atoms with van der Waals surface area (Å²) >= 11 is 0. The van der Waals surface area contributed by atoms with Crippen LogP contribution in [-0.2, 0) is 28.6 Å². The molecule has 0 aromatic carbocycles. The third-order valence-corrected chi connectivity index (χ3v) is 14.8. The number of allylic oxidation sites excluding steroid dienone is 17. The summed E-state index contributed by atoms with van der Waals surface area (Å²) in [5.74, 6) is -1.03. The van der Waals surface area contributed by atoms with Gasteiger partial charge in [0.1, 0.15) is 13.2 Å². The van der Waals surface area contributed by atoms with E-state index in [0.29, 0.717) is 12.8 Å². The van der Waals surface area contributed by atoms with Crippen LogP contribution in [0.5, 0.6) is 0 Å². The van der Waals surface area contributed by atoms with Gasteiger partial charge in [-0.1, -0.05) is 310 Å². The van der Waals surface area contributed by atoms with Gasteiger partial charge in [-0.15, -0.1) is 0 Å². The Labute approximate surface area is 501 Å². The zero-order valence-electron chi connectivity index (χ0n) is 53.3. The number of rotatable bonds is 62. The summed E-state index contributed by atoms with van der Waals surface area (Å²) in [6, 6.07) is 0. The Morgan fingerprint density at radius 3 is 0.864 bits per heavy atom. The first-order valence-corrected chi connectivity index (χ1v) is 34.4. The third-order valence-electron chi connectivity index (χ3n) is 14.8. The third kappa shape index (κ3) is 66.8. The maximum absolute atomic E-state index is 12.9. The minimum atomic E-state index is -0.822. The number of hydrogen-bond acceptors (Lipinski definition) is 6. The van der Waals surface area contributed by atoms with E-state index in [1.54, 1.807) is 6.08 Å². The van der Waals surface area contributed by atoms with Gasteiger partial charge in [-0.05, 0) is 109 Å². The van der Waals surface area contributed by atoms with Crippen molar-refractivity contribution in [2.45, 2.75) is 335 Å². The van der Waals surface area contributed by atoms with Crippen molar-refractivity contribution in [3.63, 3.8) is 0 Å². The molecular weight excluding hydrogens is 997 g/mol. The lowest BCUT2D eigenvalue weighted by Gasteiger charge is -2.18. The molecule has 0 N–H and O–H groups in total. The van der Waals surface area contributed by atoms with Gasteiger partial charge < -0.3 is 14.2 Å². The van der Waals surface area contributed by atoms with Crippen LogP contribution in [-0.4, -0.2) is 37.2 Å². The van der Waals surface area contributed by atoms with E-state index in [-0.39, 0.29) is 31.6 Å². The molecule has 0 aliphatic carbocycles. The summed E-state index contributed by atoms with van der Waals surface area (Å²) in [7, 11) is 0. The Morgan fingerprint density at radius 1 is 0.272 bits per heavy atom. The molecule has 1 atom stereocenters. The standard InChI is InChI=1S/C75H128O6/c1-4-7-10-13-16-19-22-25-28-30-32-34-36-37-39-40-42-44-47-50-53-56-59-62-65-68-74(77)80-71-72(70-79-73(76)67-64-61-58-55-52-49-46-27-24-21-18-15-12-9-6-3)81-75(78)69-66-63-60-57-54-51-48-45-43-41-38-35-33-31-29-26-23-20-17-14-11-8-5-2/h9,12,18,21-23,25-27,30-33,46,52,55,61,64,72H,4-8,10-11,13-17,19-20,24,28-29,34-45,47-51,53-54,56-60,62-63,65-71H2,1-3H3/b12-9-,21-18-,25-22-,26-23-,32-30-,33-31-,46-27-,55-52-,64-61-. The van der Waals surface area contributed by atoms with Crippen LogP contribution in [0.2, 0.25) is 0 Å². The van der Waals surface area contributed by atoms with Crippen molar-refractivity contribution < 1.29 is 28.6 Å². The molecule has 1 unspecified atom stereocenters. The molecular formula is C75H128O6. The monoisotopic (exact) mass is 1120 g/mol. The van der Waals surface area contributed by atoms with Gasteiger partial charge in [0.2, 0.25) is 0 Å². The molecule has 0 aromatic heterocycles. The van der Waals surface area contributed by atoms with Gasteiger partial charge in [0.15, 0.2) is 6.10 Å². The molecule has 81 heavy (non-hydrogen) atoms. The minimum Gasteiger partial charge on any atom is -0.462 e.